The molecule has 2 aliphatic heterocycles. The number of aryl methyl sites for hydroxylation is 1. The topological polar surface area (TPSA) is 74.6 Å². The van der Waals surface area contributed by atoms with Crippen LogP contribution in [0.15, 0.2) is 12.4 Å². The van der Waals surface area contributed by atoms with Crippen molar-refractivity contribution < 1.29 is 19.0 Å². The van der Waals surface area contributed by atoms with Gasteiger partial charge < -0.3 is 19.5 Å². The second-order valence-electron chi connectivity index (χ2n) is 6.39. The van der Waals surface area contributed by atoms with E-state index in [9.17, 15) is 4.79 Å². The van der Waals surface area contributed by atoms with Gasteiger partial charge in [0.25, 0.3) is 0 Å². The van der Waals surface area contributed by atoms with E-state index in [4.69, 9.17) is 14.2 Å². The first-order valence-corrected chi connectivity index (χ1v) is 8.89. The van der Waals surface area contributed by atoms with Crippen LogP contribution in [0.5, 0.6) is 0 Å². The summed E-state index contributed by atoms with van der Waals surface area (Å²) < 4.78 is 18.7. The summed E-state index contributed by atoms with van der Waals surface area (Å²) in [5, 5.41) is 7.36. The van der Waals surface area contributed by atoms with Crippen LogP contribution in [-0.4, -0.2) is 54.3 Å². The molecule has 2 aliphatic rings. The molecule has 1 N–H and O–H groups in total. The van der Waals surface area contributed by atoms with Crippen LogP contribution in [0.3, 0.4) is 0 Å². The molecule has 134 valence electrons. The van der Waals surface area contributed by atoms with Gasteiger partial charge in [0.05, 0.1) is 24.9 Å². The predicted molar refractivity (Wildman–Crippen MR) is 87.6 cm³/mol. The molecule has 2 fully saturated rings. The number of carbonyl (C=O) groups excluding carboxylic acids is 1. The summed E-state index contributed by atoms with van der Waals surface area (Å²) in [5.74, 6) is -0.101. The minimum absolute atomic E-state index is 0.0351. The van der Waals surface area contributed by atoms with E-state index in [-0.39, 0.29) is 30.8 Å². The molecule has 0 saturated carbocycles. The standard InChI is InChI=1S/C17H27N3O4/c1-2-20-10-13(9-18-20)17-15(6-4-8-24-17)19-16(21)12-22-11-14-5-3-7-23-14/h9-10,14-15,17H,2-8,11-12H2,1H3,(H,19,21)/t14-,15-,17+/m0/s1. The van der Waals surface area contributed by atoms with E-state index in [2.05, 4.69) is 10.4 Å². The van der Waals surface area contributed by atoms with Gasteiger partial charge in [-0.15, -0.1) is 0 Å². The normalized spacial score (nSPS) is 27.3. The van der Waals surface area contributed by atoms with Crippen molar-refractivity contribution in [1.82, 2.24) is 15.1 Å². The van der Waals surface area contributed by atoms with Crippen molar-refractivity contribution in [2.75, 3.05) is 26.4 Å². The molecule has 7 heteroatoms. The van der Waals surface area contributed by atoms with Crippen molar-refractivity contribution in [3.05, 3.63) is 18.0 Å². The molecule has 3 rings (SSSR count). The number of hydrogen-bond acceptors (Lipinski definition) is 5. The number of carbonyl (C=O) groups is 1. The molecule has 0 radical (unpaired) electrons. The van der Waals surface area contributed by atoms with Crippen LogP contribution >= 0.6 is 0 Å². The average Bonchev–Trinajstić information content (AvgIpc) is 3.27. The quantitative estimate of drug-likeness (QED) is 0.815. The van der Waals surface area contributed by atoms with Gasteiger partial charge in [0.1, 0.15) is 12.7 Å². The predicted octanol–water partition coefficient (Wildman–Crippen LogP) is 1.43. The van der Waals surface area contributed by atoms with Crippen molar-refractivity contribution in [1.29, 1.82) is 0 Å². The Labute approximate surface area is 142 Å². The molecule has 2 saturated heterocycles. The van der Waals surface area contributed by atoms with E-state index < -0.39 is 0 Å². The van der Waals surface area contributed by atoms with Gasteiger partial charge >= 0.3 is 0 Å². The molecule has 3 heterocycles. The summed E-state index contributed by atoms with van der Waals surface area (Å²) in [5.41, 5.74) is 1.02. The zero-order chi connectivity index (χ0) is 16.8. The van der Waals surface area contributed by atoms with Gasteiger partial charge in [-0.2, -0.15) is 5.10 Å². The number of amides is 1. The van der Waals surface area contributed by atoms with Crippen LogP contribution in [0, 0.1) is 0 Å². The fourth-order valence-electron chi connectivity index (χ4n) is 3.26. The maximum Gasteiger partial charge on any atom is 0.246 e. The Bertz CT molecular complexity index is 528. The van der Waals surface area contributed by atoms with E-state index in [0.717, 1.165) is 44.4 Å². The summed E-state index contributed by atoms with van der Waals surface area (Å²) in [6, 6.07) is -0.0351. The lowest BCUT2D eigenvalue weighted by Crippen LogP contribution is -2.44. The van der Waals surface area contributed by atoms with Gasteiger partial charge in [0.2, 0.25) is 5.91 Å². The van der Waals surface area contributed by atoms with Gasteiger partial charge in [0, 0.05) is 31.5 Å². The fourth-order valence-corrected chi connectivity index (χ4v) is 3.26. The SMILES string of the molecule is CCn1cc([C@H]2OCCC[C@@H]2NC(=O)COC[C@@H]2CCCO2)cn1. The van der Waals surface area contributed by atoms with Crippen LogP contribution in [-0.2, 0) is 25.5 Å². The maximum absolute atomic E-state index is 12.2. The number of ether oxygens (including phenoxy) is 3. The molecule has 0 aromatic carbocycles. The molecule has 0 spiro atoms. The Morgan fingerprint density at radius 2 is 2.21 bits per heavy atom. The van der Waals surface area contributed by atoms with E-state index in [1.54, 1.807) is 0 Å². The molecule has 1 amide bonds. The Morgan fingerprint density at radius 1 is 1.38 bits per heavy atom. The molecule has 3 atom stereocenters. The summed E-state index contributed by atoms with van der Waals surface area (Å²) in [7, 11) is 0. The Hall–Kier alpha value is -1.44. The highest BCUT2D eigenvalue weighted by atomic mass is 16.5. The Kier molecular flexibility index (Phi) is 6.23. The van der Waals surface area contributed by atoms with E-state index in [0.29, 0.717) is 13.2 Å². The molecule has 0 bridgehead atoms. The second-order valence-corrected chi connectivity index (χ2v) is 6.39. The molecule has 0 aliphatic carbocycles. The number of nitrogens with one attached hydrogen (secondary N) is 1. The fraction of sp³-hybridized carbons (Fsp3) is 0.765. The molecule has 1 aromatic heterocycles. The van der Waals surface area contributed by atoms with Crippen LogP contribution < -0.4 is 5.32 Å². The molecular weight excluding hydrogens is 310 g/mol. The summed E-state index contributed by atoms with van der Waals surface area (Å²) in [6.45, 7) is 4.93. The number of hydrogen-bond donors (Lipinski definition) is 1. The molecule has 24 heavy (non-hydrogen) atoms. The van der Waals surface area contributed by atoms with E-state index in [1.165, 1.54) is 0 Å². The van der Waals surface area contributed by atoms with Crippen molar-refractivity contribution in [2.45, 2.75) is 57.4 Å². The van der Waals surface area contributed by atoms with Crippen molar-refractivity contribution in [3.63, 3.8) is 0 Å². The zero-order valence-electron chi connectivity index (χ0n) is 14.3. The lowest BCUT2D eigenvalue weighted by molar-refractivity contribution is -0.129. The third kappa shape index (κ3) is 4.55. The van der Waals surface area contributed by atoms with Crippen LogP contribution in [0.4, 0.5) is 0 Å². The van der Waals surface area contributed by atoms with Gasteiger partial charge in [-0.1, -0.05) is 0 Å². The van der Waals surface area contributed by atoms with Crippen molar-refractivity contribution >= 4 is 5.91 Å². The number of rotatable bonds is 7. The third-order valence-electron chi connectivity index (χ3n) is 4.54. The van der Waals surface area contributed by atoms with Gasteiger partial charge in [-0.05, 0) is 32.6 Å². The minimum atomic E-state index is -0.138. The largest absolute Gasteiger partial charge is 0.376 e. The van der Waals surface area contributed by atoms with Crippen molar-refractivity contribution in [3.8, 4) is 0 Å². The second kappa shape index (κ2) is 8.60. The highest BCUT2D eigenvalue weighted by molar-refractivity contribution is 5.77. The van der Waals surface area contributed by atoms with Crippen molar-refractivity contribution in [2.24, 2.45) is 0 Å². The summed E-state index contributed by atoms with van der Waals surface area (Å²) in [4.78, 5) is 12.2. The van der Waals surface area contributed by atoms with Gasteiger partial charge in [-0.3, -0.25) is 9.48 Å². The van der Waals surface area contributed by atoms with Gasteiger partial charge in [0.15, 0.2) is 0 Å². The summed E-state index contributed by atoms with van der Waals surface area (Å²) in [6.07, 6.45) is 7.76. The smallest absolute Gasteiger partial charge is 0.246 e. The minimum Gasteiger partial charge on any atom is -0.376 e. The van der Waals surface area contributed by atoms with E-state index >= 15 is 0 Å². The first-order valence-electron chi connectivity index (χ1n) is 8.89. The molecule has 0 unspecified atom stereocenters. The average molecular weight is 337 g/mol. The number of nitrogens with zero attached hydrogens (tertiary/aromatic N) is 2. The highest BCUT2D eigenvalue weighted by Crippen LogP contribution is 2.28. The molecular formula is C17H27N3O4. The maximum atomic E-state index is 12.2. The first-order chi connectivity index (χ1) is 11.8. The molecule has 7 nitrogen and oxygen atoms in total. The lowest BCUT2D eigenvalue weighted by atomic mass is 9.98. The Morgan fingerprint density at radius 3 is 2.96 bits per heavy atom. The zero-order valence-corrected chi connectivity index (χ0v) is 14.3. The van der Waals surface area contributed by atoms with E-state index in [1.807, 2.05) is 24.0 Å². The molecule has 1 aromatic rings. The highest BCUT2D eigenvalue weighted by Gasteiger charge is 2.29. The lowest BCUT2D eigenvalue weighted by Gasteiger charge is -2.31. The third-order valence-corrected chi connectivity index (χ3v) is 4.54. The Balaban J connectivity index is 1.48. The van der Waals surface area contributed by atoms with Crippen LogP contribution in [0.1, 0.15) is 44.3 Å². The monoisotopic (exact) mass is 337 g/mol. The summed E-state index contributed by atoms with van der Waals surface area (Å²) >= 11 is 0. The van der Waals surface area contributed by atoms with Gasteiger partial charge in [-0.25, -0.2) is 0 Å². The number of aromatic nitrogens is 2. The van der Waals surface area contributed by atoms with Crippen LogP contribution in [0.25, 0.3) is 0 Å². The first kappa shape index (κ1) is 17.4. The van der Waals surface area contributed by atoms with Crippen LogP contribution in [0.2, 0.25) is 0 Å².